The van der Waals surface area contributed by atoms with E-state index < -0.39 is 11.8 Å². The molecule has 1 atom stereocenters. The van der Waals surface area contributed by atoms with Crippen molar-refractivity contribution in [2.24, 2.45) is 0 Å². The van der Waals surface area contributed by atoms with Crippen molar-refractivity contribution in [1.82, 2.24) is 25.3 Å². The Morgan fingerprint density at radius 2 is 1.76 bits per heavy atom. The van der Waals surface area contributed by atoms with Crippen LogP contribution in [0.3, 0.4) is 0 Å². The molecule has 0 radical (unpaired) electrons. The summed E-state index contributed by atoms with van der Waals surface area (Å²) in [7, 11) is 3.82. The Labute approximate surface area is 253 Å². The van der Waals surface area contributed by atoms with Gasteiger partial charge >= 0.3 is 0 Å². The van der Waals surface area contributed by atoms with E-state index in [0.29, 0.717) is 43.7 Å². The Hall–Kier alpha value is -4.19. The molecule has 4 rings (SSSR count). The fourth-order valence-electron chi connectivity index (χ4n) is 4.42. The summed E-state index contributed by atoms with van der Waals surface area (Å²) in [6, 6.07) is 11.1. The van der Waals surface area contributed by atoms with Crippen LogP contribution in [-0.2, 0) is 4.79 Å². The highest BCUT2D eigenvalue weighted by Gasteiger charge is 2.27. The first-order valence-corrected chi connectivity index (χ1v) is 14.0. The Morgan fingerprint density at radius 1 is 1.05 bits per heavy atom. The van der Waals surface area contributed by atoms with Crippen LogP contribution in [0.15, 0.2) is 60.8 Å². The van der Waals surface area contributed by atoms with Crippen LogP contribution in [0.4, 0.5) is 11.4 Å². The minimum absolute atomic E-state index is 0.0594. The van der Waals surface area contributed by atoms with Gasteiger partial charge in [0.2, 0.25) is 5.91 Å². The highest BCUT2D eigenvalue weighted by Crippen LogP contribution is 2.26. The summed E-state index contributed by atoms with van der Waals surface area (Å²) >= 11 is 12.3. The topological polar surface area (TPSA) is 140 Å². The van der Waals surface area contributed by atoms with Gasteiger partial charge in [0, 0.05) is 43.0 Å². The highest BCUT2D eigenvalue weighted by atomic mass is 35.5. The maximum absolute atomic E-state index is 13.2. The number of aromatic nitrogens is 2. The normalized spacial score (nSPS) is 15.1. The average Bonchev–Trinajstić information content (AvgIpc) is 3.41. The summed E-state index contributed by atoms with van der Waals surface area (Å²) in [5, 5.41) is 15.2. The van der Waals surface area contributed by atoms with E-state index in [2.05, 4.69) is 26.1 Å². The van der Waals surface area contributed by atoms with Gasteiger partial charge in [0.1, 0.15) is 5.69 Å². The fraction of sp³-hybridized carbons (Fsp3) is 0.276. The number of aromatic amines is 1. The largest absolute Gasteiger partial charge is 0.346 e. The van der Waals surface area contributed by atoms with E-state index in [4.69, 9.17) is 23.2 Å². The molecule has 11 nitrogen and oxygen atoms in total. The van der Waals surface area contributed by atoms with Gasteiger partial charge < -0.3 is 25.8 Å². The lowest BCUT2D eigenvalue weighted by Gasteiger charge is -2.33. The number of carbonyl (C=O) groups excluding carboxylic acids is 4. The lowest BCUT2D eigenvalue weighted by molar-refractivity contribution is -0.111. The van der Waals surface area contributed by atoms with Crippen LogP contribution in [0.25, 0.3) is 0 Å². The van der Waals surface area contributed by atoms with E-state index in [1.165, 1.54) is 12.3 Å². The van der Waals surface area contributed by atoms with Crippen LogP contribution in [0, 0.1) is 0 Å². The number of halogens is 2. The van der Waals surface area contributed by atoms with Crippen LogP contribution < -0.4 is 16.0 Å². The number of H-pyrrole nitrogens is 1. The molecule has 0 unspecified atom stereocenters. The number of piperidine rings is 1. The molecule has 0 aliphatic carbocycles. The van der Waals surface area contributed by atoms with Gasteiger partial charge in [-0.05, 0) is 63.3 Å². The summed E-state index contributed by atoms with van der Waals surface area (Å²) in [6.45, 7) is 1.51. The van der Waals surface area contributed by atoms with Crippen molar-refractivity contribution in [3.05, 3.63) is 87.7 Å². The standard InChI is InChI=1S/C29H31Cl2N7O4/c1-37(2)14-5-9-24(39)33-19-12-10-18(11-13-19)29(42)38-15-4-6-20(17-38)34-28(41)26-23(16-32-36-26)35-27(40)25-21(30)7-3-8-22(25)31/h3,5,7-13,16,20H,4,6,14-15,17H2,1-2H3,(H,32,36)(H,33,39)(H,34,41)(H,35,40)/t20-/m1/s1. The van der Waals surface area contributed by atoms with E-state index in [0.717, 1.165) is 0 Å². The van der Waals surface area contributed by atoms with Gasteiger partial charge in [0.25, 0.3) is 17.7 Å². The summed E-state index contributed by atoms with van der Waals surface area (Å²) in [6.07, 6.45) is 5.92. The van der Waals surface area contributed by atoms with Crippen molar-refractivity contribution in [3.8, 4) is 0 Å². The number of hydrogen-bond donors (Lipinski definition) is 4. The molecule has 1 aliphatic rings. The van der Waals surface area contributed by atoms with Crippen LogP contribution in [0.2, 0.25) is 10.0 Å². The van der Waals surface area contributed by atoms with Crippen molar-refractivity contribution < 1.29 is 19.2 Å². The van der Waals surface area contributed by atoms with Gasteiger partial charge in [0.05, 0.1) is 27.5 Å². The molecule has 220 valence electrons. The van der Waals surface area contributed by atoms with Gasteiger partial charge in [0.15, 0.2) is 0 Å². The average molecular weight is 613 g/mol. The number of nitrogens with zero attached hydrogens (tertiary/aromatic N) is 3. The van der Waals surface area contributed by atoms with Crippen LogP contribution in [-0.4, -0.2) is 83.4 Å². The van der Waals surface area contributed by atoms with Gasteiger partial charge in [-0.1, -0.05) is 35.3 Å². The van der Waals surface area contributed by atoms with E-state index >= 15 is 0 Å². The smallest absolute Gasteiger partial charge is 0.271 e. The molecule has 0 spiro atoms. The summed E-state index contributed by atoms with van der Waals surface area (Å²) in [5.41, 5.74) is 1.36. The second-order valence-electron chi connectivity index (χ2n) is 10.0. The van der Waals surface area contributed by atoms with Crippen molar-refractivity contribution in [3.63, 3.8) is 0 Å². The number of nitrogens with one attached hydrogen (secondary N) is 4. The Morgan fingerprint density at radius 3 is 2.45 bits per heavy atom. The minimum Gasteiger partial charge on any atom is -0.346 e. The van der Waals surface area contributed by atoms with Crippen LogP contribution in [0.5, 0.6) is 0 Å². The van der Waals surface area contributed by atoms with E-state index in [-0.39, 0.29) is 44.8 Å². The molecule has 1 aromatic heterocycles. The maximum atomic E-state index is 13.2. The van der Waals surface area contributed by atoms with Crippen molar-refractivity contribution in [2.45, 2.75) is 18.9 Å². The van der Waals surface area contributed by atoms with E-state index in [1.807, 2.05) is 19.0 Å². The molecule has 3 aromatic rings. The van der Waals surface area contributed by atoms with E-state index in [9.17, 15) is 19.2 Å². The molecule has 0 saturated carbocycles. The lowest BCUT2D eigenvalue weighted by atomic mass is 10.0. The quantitative estimate of drug-likeness (QED) is 0.269. The van der Waals surface area contributed by atoms with Gasteiger partial charge in [-0.2, -0.15) is 5.10 Å². The van der Waals surface area contributed by atoms with Gasteiger partial charge in [-0.25, -0.2) is 0 Å². The minimum atomic E-state index is -0.582. The monoisotopic (exact) mass is 611 g/mol. The zero-order valence-electron chi connectivity index (χ0n) is 23.1. The zero-order chi connectivity index (χ0) is 30.2. The Bertz CT molecular complexity index is 1470. The molecule has 2 heterocycles. The second kappa shape index (κ2) is 14.1. The zero-order valence-corrected chi connectivity index (χ0v) is 24.6. The summed E-state index contributed by atoms with van der Waals surface area (Å²) in [4.78, 5) is 54.8. The first-order chi connectivity index (χ1) is 20.1. The molecule has 4 N–H and O–H groups in total. The molecular formula is C29H31Cl2N7O4. The first kappa shape index (κ1) is 30.8. The summed E-state index contributed by atoms with van der Waals surface area (Å²) in [5.74, 6) is -1.49. The highest BCUT2D eigenvalue weighted by molar-refractivity contribution is 6.40. The third-order valence-electron chi connectivity index (χ3n) is 6.49. The first-order valence-electron chi connectivity index (χ1n) is 13.2. The van der Waals surface area contributed by atoms with Crippen molar-refractivity contribution in [1.29, 1.82) is 0 Å². The molecule has 1 fully saturated rings. The molecule has 1 aliphatic heterocycles. The van der Waals surface area contributed by atoms with E-state index in [1.54, 1.807) is 53.4 Å². The summed E-state index contributed by atoms with van der Waals surface area (Å²) < 4.78 is 0. The number of carbonyl (C=O) groups is 4. The molecule has 2 aromatic carbocycles. The molecule has 1 saturated heterocycles. The van der Waals surface area contributed by atoms with Crippen LogP contribution in [0.1, 0.15) is 44.0 Å². The SMILES string of the molecule is CN(C)CC=CC(=O)Nc1ccc(C(=O)N2CCC[C@@H](NC(=O)c3[nH]ncc3NC(=O)c3c(Cl)cccc3Cl)C2)cc1. The molecule has 13 heteroatoms. The Kier molecular flexibility index (Phi) is 10.3. The molecule has 0 bridgehead atoms. The number of likely N-dealkylation sites (N-methyl/N-ethyl adjacent to an activating group) is 1. The third-order valence-corrected chi connectivity index (χ3v) is 7.12. The molecule has 42 heavy (non-hydrogen) atoms. The number of anilines is 2. The maximum Gasteiger partial charge on any atom is 0.271 e. The number of hydrogen-bond acceptors (Lipinski definition) is 6. The van der Waals surface area contributed by atoms with Crippen molar-refractivity contribution in [2.75, 3.05) is 44.4 Å². The molecular weight excluding hydrogens is 581 g/mol. The molecule has 4 amide bonds. The van der Waals surface area contributed by atoms with Crippen molar-refractivity contribution >= 4 is 58.2 Å². The number of likely N-dealkylation sites (tertiary alicyclic amines) is 1. The second-order valence-corrected chi connectivity index (χ2v) is 10.8. The third kappa shape index (κ3) is 7.96. The van der Waals surface area contributed by atoms with Crippen LogP contribution >= 0.6 is 23.2 Å². The number of amides is 4. The predicted octanol–water partition coefficient (Wildman–Crippen LogP) is 4.06. The lowest BCUT2D eigenvalue weighted by Crippen LogP contribution is -2.49. The number of rotatable bonds is 9. The van der Waals surface area contributed by atoms with Gasteiger partial charge in [-0.15, -0.1) is 0 Å². The fourth-order valence-corrected chi connectivity index (χ4v) is 4.99. The predicted molar refractivity (Wildman–Crippen MR) is 162 cm³/mol. The number of benzene rings is 2. The Balaban J connectivity index is 1.34. The van der Waals surface area contributed by atoms with Gasteiger partial charge in [-0.3, -0.25) is 24.3 Å².